The summed E-state index contributed by atoms with van der Waals surface area (Å²) >= 11 is 5.56. The van der Waals surface area contributed by atoms with Crippen molar-refractivity contribution in [3.05, 3.63) is 34.1 Å². The molecule has 0 heterocycles. The molecule has 0 radical (unpaired) electrons. The quantitative estimate of drug-likeness (QED) is 0.735. The molecule has 0 saturated carbocycles. The van der Waals surface area contributed by atoms with Crippen LogP contribution in [0, 0.1) is 12.7 Å². The molecule has 0 saturated heterocycles. The van der Waals surface area contributed by atoms with E-state index in [4.69, 9.17) is 16.7 Å². The van der Waals surface area contributed by atoms with Crippen molar-refractivity contribution >= 4 is 17.6 Å². The minimum Gasteiger partial charge on any atom is -0.478 e. The molecule has 0 bridgehead atoms. The van der Waals surface area contributed by atoms with E-state index in [-0.39, 0.29) is 16.1 Å². The van der Waals surface area contributed by atoms with Crippen LogP contribution in [0.3, 0.4) is 0 Å². The Morgan fingerprint density at radius 1 is 1.58 bits per heavy atom. The molecule has 0 amide bonds. The fraction of sp³-hybridized carbons (Fsp3) is 0.125. The summed E-state index contributed by atoms with van der Waals surface area (Å²) in [7, 11) is 0. The largest absolute Gasteiger partial charge is 0.478 e. The molecular formula is C8H6ClFO2. The summed E-state index contributed by atoms with van der Waals surface area (Å²) in [4.78, 5) is 10.4. The lowest BCUT2D eigenvalue weighted by molar-refractivity contribution is 0.0691. The summed E-state index contributed by atoms with van der Waals surface area (Å²) in [6, 6.07) is 2.51. The molecular weight excluding hydrogens is 183 g/mol. The molecule has 1 aromatic carbocycles. The lowest BCUT2D eigenvalue weighted by Crippen LogP contribution is -2.01. The van der Waals surface area contributed by atoms with Crippen molar-refractivity contribution in [2.24, 2.45) is 0 Å². The second kappa shape index (κ2) is 3.11. The lowest BCUT2D eigenvalue weighted by atomic mass is 10.1. The maximum absolute atomic E-state index is 13.0. The average Bonchev–Trinajstić information content (AvgIpc) is 2.00. The van der Waals surface area contributed by atoms with E-state index >= 15 is 0 Å². The fourth-order valence-electron chi connectivity index (χ4n) is 0.827. The van der Waals surface area contributed by atoms with Crippen molar-refractivity contribution in [3.8, 4) is 0 Å². The van der Waals surface area contributed by atoms with Gasteiger partial charge in [-0.2, -0.15) is 0 Å². The van der Waals surface area contributed by atoms with Gasteiger partial charge < -0.3 is 5.11 Å². The van der Waals surface area contributed by atoms with Gasteiger partial charge >= 0.3 is 5.97 Å². The summed E-state index contributed by atoms with van der Waals surface area (Å²) in [6.45, 7) is 1.43. The van der Waals surface area contributed by atoms with E-state index in [1.54, 1.807) is 0 Å². The predicted octanol–water partition coefficient (Wildman–Crippen LogP) is 2.49. The Morgan fingerprint density at radius 3 is 2.67 bits per heavy atom. The molecule has 0 aromatic heterocycles. The Bertz CT molecular complexity index is 336. The Kier molecular flexibility index (Phi) is 2.33. The van der Waals surface area contributed by atoms with E-state index in [1.807, 2.05) is 0 Å². The van der Waals surface area contributed by atoms with Gasteiger partial charge in [0.1, 0.15) is 5.82 Å². The molecule has 0 spiro atoms. The number of rotatable bonds is 1. The first-order valence-corrected chi connectivity index (χ1v) is 3.59. The monoisotopic (exact) mass is 188 g/mol. The second-order valence-corrected chi connectivity index (χ2v) is 2.75. The number of benzene rings is 1. The van der Waals surface area contributed by atoms with Crippen LogP contribution < -0.4 is 0 Å². The zero-order chi connectivity index (χ0) is 9.30. The molecule has 1 rings (SSSR count). The van der Waals surface area contributed by atoms with Crippen LogP contribution in [0.25, 0.3) is 0 Å². The fourth-order valence-corrected chi connectivity index (χ4v) is 0.973. The number of hydrogen-bond donors (Lipinski definition) is 1. The van der Waals surface area contributed by atoms with Crippen molar-refractivity contribution in [3.63, 3.8) is 0 Å². The van der Waals surface area contributed by atoms with Crippen molar-refractivity contribution in [2.45, 2.75) is 6.92 Å². The van der Waals surface area contributed by atoms with E-state index in [2.05, 4.69) is 0 Å². The maximum Gasteiger partial charge on any atom is 0.338 e. The first-order chi connectivity index (χ1) is 5.54. The average molecular weight is 189 g/mol. The zero-order valence-corrected chi connectivity index (χ0v) is 7.02. The molecule has 1 aromatic rings. The van der Waals surface area contributed by atoms with Gasteiger partial charge in [-0.3, -0.25) is 0 Å². The molecule has 1 N–H and O–H groups in total. The van der Waals surface area contributed by atoms with Gasteiger partial charge in [-0.1, -0.05) is 11.6 Å². The zero-order valence-electron chi connectivity index (χ0n) is 6.27. The highest BCUT2D eigenvalue weighted by Crippen LogP contribution is 2.20. The van der Waals surface area contributed by atoms with Crippen LogP contribution >= 0.6 is 11.6 Å². The van der Waals surface area contributed by atoms with Gasteiger partial charge in [0.05, 0.1) is 5.56 Å². The second-order valence-electron chi connectivity index (χ2n) is 2.34. The van der Waals surface area contributed by atoms with E-state index in [0.717, 1.165) is 6.07 Å². The number of carboxylic acids is 1. The Hall–Kier alpha value is -1.09. The van der Waals surface area contributed by atoms with E-state index in [1.165, 1.54) is 13.0 Å². The highest BCUT2D eigenvalue weighted by Gasteiger charge is 2.13. The molecule has 0 unspecified atom stereocenters. The van der Waals surface area contributed by atoms with Crippen LogP contribution in [0.5, 0.6) is 0 Å². The van der Waals surface area contributed by atoms with Crippen LogP contribution in [-0.2, 0) is 0 Å². The summed E-state index contributed by atoms with van der Waals surface area (Å²) in [6.07, 6.45) is 0. The number of halogens is 2. The minimum absolute atomic E-state index is 0.163. The molecule has 0 aliphatic heterocycles. The summed E-state index contributed by atoms with van der Waals surface area (Å²) in [5.41, 5.74) is -0.187. The van der Waals surface area contributed by atoms with Crippen LogP contribution in [0.4, 0.5) is 4.39 Å². The standard InChI is InChI=1S/C8H6ClFO2/c1-4-6(9)3-2-5(7(4)10)8(11)12/h2-3H,1H3,(H,11,12). The van der Waals surface area contributed by atoms with Gasteiger partial charge in [-0.05, 0) is 19.1 Å². The number of hydrogen-bond acceptors (Lipinski definition) is 1. The van der Waals surface area contributed by atoms with Crippen molar-refractivity contribution in [1.82, 2.24) is 0 Å². The predicted molar refractivity (Wildman–Crippen MR) is 43.1 cm³/mol. The molecule has 0 atom stereocenters. The summed E-state index contributed by atoms with van der Waals surface area (Å²) in [5, 5.41) is 8.73. The van der Waals surface area contributed by atoms with Crippen LogP contribution in [-0.4, -0.2) is 11.1 Å². The van der Waals surface area contributed by atoms with Gasteiger partial charge in [0.2, 0.25) is 0 Å². The highest BCUT2D eigenvalue weighted by atomic mass is 35.5. The molecule has 0 aliphatic rings. The molecule has 64 valence electrons. The third-order valence-corrected chi connectivity index (χ3v) is 1.96. The highest BCUT2D eigenvalue weighted by molar-refractivity contribution is 6.31. The lowest BCUT2D eigenvalue weighted by Gasteiger charge is -2.01. The van der Waals surface area contributed by atoms with E-state index in [0.29, 0.717) is 0 Å². The SMILES string of the molecule is Cc1c(Cl)ccc(C(=O)O)c1F. The van der Waals surface area contributed by atoms with Crippen molar-refractivity contribution in [2.75, 3.05) is 0 Å². The number of carboxylic acid groups (broad SMARTS) is 1. The summed E-state index contributed by atoms with van der Waals surface area (Å²) < 4.78 is 13.0. The normalized spacial score (nSPS) is 9.92. The topological polar surface area (TPSA) is 37.3 Å². The summed E-state index contributed by atoms with van der Waals surface area (Å²) in [5.74, 6) is -2.05. The Balaban J connectivity index is 3.36. The van der Waals surface area contributed by atoms with Crippen molar-refractivity contribution < 1.29 is 14.3 Å². The molecule has 0 aliphatic carbocycles. The number of aromatic carboxylic acids is 1. The van der Waals surface area contributed by atoms with Gasteiger partial charge in [0.25, 0.3) is 0 Å². The van der Waals surface area contributed by atoms with Crippen LogP contribution in [0.2, 0.25) is 5.02 Å². The Morgan fingerprint density at radius 2 is 2.17 bits per heavy atom. The van der Waals surface area contributed by atoms with Gasteiger partial charge in [-0.15, -0.1) is 0 Å². The minimum atomic E-state index is -1.28. The first kappa shape index (κ1) is 9.00. The van der Waals surface area contributed by atoms with E-state index < -0.39 is 11.8 Å². The molecule has 2 nitrogen and oxygen atoms in total. The van der Waals surface area contributed by atoms with Gasteiger partial charge in [-0.25, -0.2) is 9.18 Å². The molecule has 0 fully saturated rings. The maximum atomic E-state index is 13.0. The smallest absolute Gasteiger partial charge is 0.338 e. The number of carbonyl (C=O) groups is 1. The third kappa shape index (κ3) is 1.41. The van der Waals surface area contributed by atoms with E-state index in [9.17, 15) is 9.18 Å². The van der Waals surface area contributed by atoms with Gasteiger partial charge in [0, 0.05) is 10.6 Å². The van der Waals surface area contributed by atoms with Crippen LogP contribution in [0.1, 0.15) is 15.9 Å². The molecule has 12 heavy (non-hydrogen) atoms. The van der Waals surface area contributed by atoms with Gasteiger partial charge in [0.15, 0.2) is 0 Å². The van der Waals surface area contributed by atoms with Crippen LogP contribution in [0.15, 0.2) is 12.1 Å². The molecule has 4 heteroatoms. The Labute approximate surface area is 73.6 Å². The van der Waals surface area contributed by atoms with Crippen molar-refractivity contribution in [1.29, 1.82) is 0 Å². The third-order valence-electron chi connectivity index (χ3n) is 1.55. The first-order valence-electron chi connectivity index (χ1n) is 3.22.